The minimum absolute atomic E-state index is 0.0497. The Bertz CT molecular complexity index is 974. The summed E-state index contributed by atoms with van der Waals surface area (Å²) in [4.78, 5) is 16.5. The SMILES string of the molecule is NC(=Nc1cccc(N([O-])O)c1)SCC(=O)c1ccc(-c2ccccc2)cc1. The number of Topliss-reactive ketones (excluding diaryl/α,β-unsaturated/α-hetero) is 1. The highest BCUT2D eigenvalue weighted by Gasteiger charge is 2.08. The minimum atomic E-state index is -0.245. The van der Waals surface area contributed by atoms with E-state index in [-0.39, 0.29) is 27.6 Å². The first-order valence-electron chi connectivity index (χ1n) is 8.45. The Balaban J connectivity index is 1.61. The molecule has 0 heterocycles. The van der Waals surface area contributed by atoms with Crippen molar-refractivity contribution in [2.45, 2.75) is 0 Å². The van der Waals surface area contributed by atoms with E-state index in [0.717, 1.165) is 22.9 Å². The first-order chi connectivity index (χ1) is 13.5. The zero-order valence-electron chi connectivity index (χ0n) is 14.9. The van der Waals surface area contributed by atoms with Crippen molar-refractivity contribution in [3.05, 3.63) is 89.6 Å². The van der Waals surface area contributed by atoms with Gasteiger partial charge in [-0.1, -0.05) is 72.4 Å². The molecule has 3 rings (SSSR count). The van der Waals surface area contributed by atoms with Crippen molar-refractivity contribution in [2.24, 2.45) is 10.7 Å². The number of aliphatic imine (C=N–C) groups is 1. The molecule has 3 N–H and O–H groups in total. The lowest BCUT2D eigenvalue weighted by atomic mass is 10.0. The summed E-state index contributed by atoms with van der Waals surface area (Å²) in [5, 5.41) is 19.8. The first-order valence-corrected chi connectivity index (χ1v) is 9.43. The highest BCUT2D eigenvalue weighted by atomic mass is 32.2. The molecule has 0 aliphatic carbocycles. The summed E-state index contributed by atoms with van der Waals surface area (Å²) in [6.45, 7) is 0. The number of hydrogen-bond acceptors (Lipinski definition) is 6. The number of thioether (sulfide) groups is 1. The van der Waals surface area contributed by atoms with Crippen molar-refractivity contribution >= 4 is 34.1 Å². The smallest absolute Gasteiger partial charge is 0.173 e. The van der Waals surface area contributed by atoms with Crippen LogP contribution in [0.25, 0.3) is 11.1 Å². The van der Waals surface area contributed by atoms with Gasteiger partial charge in [0, 0.05) is 5.56 Å². The summed E-state index contributed by atoms with van der Waals surface area (Å²) in [6.07, 6.45) is 0. The third-order valence-electron chi connectivity index (χ3n) is 3.96. The van der Waals surface area contributed by atoms with Gasteiger partial charge in [0.25, 0.3) is 0 Å². The first kappa shape index (κ1) is 19.6. The summed E-state index contributed by atoms with van der Waals surface area (Å²) >= 11 is 1.11. The van der Waals surface area contributed by atoms with E-state index in [0.29, 0.717) is 11.3 Å². The minimum Gasteiger partial charge on any atom is -0.733 e. The second kappa shape index (κ2) is 9.18. The molecule has 7 heteroatoms. The number of rotatable bonds is 6. The zero-order valence-corrected chi connectivity index (χ0v) is 15.7. The van der Waals surface area contributed by atoms with E-state index in [4.69, 9.17) is 10.9 Å². The van der Waals surface area contributed by atoms with Crippen LogP contribution in [0.4, 0.5) is 11.4 Å². The molecule has 3 aromatic rings. The van der Waals surface area contributed by atoms with Crippen molar-refractivity contribution in [1.82, 2.24) is 0 Å². The normalized spacial score (nSPS) is 11.3. The average Bonchev–Trinajstić information content (AvgIpc) is 2.73. The molecule has 0 atom stereocenters. The maximum absolute atomic E-state index is 12.4. The van der Waals surface area contributed by atoms with Gasteiger partial charge in [0.15, 0.2) is 11.0 Å². The van der Waals surface area contributed by atoms with Crippen LogP contribution in [0.1, 0.15) is 10.4 Å². The van der Waals surface area contributed by atoms with E-state index in [1.807, 2.05) is 42.5 Å². The largest absolute Gasteiger partial charge is 0.733 e. The van der Waals surface area contributed by atoms with Crippen LogP contribution < -0.4 is 11.0 Å². The van der Waals surface area contributed by atoms with Crippen LogP contribution in [0.2, 0.25) is 0 Å². The van der Waals surface area contributed by atoms with Gasteiger partial charge in [0.05, 0.1) is 17.1 Å². The van der Waals surface area contributed by atoms with Crippen molar-refractivity contribution in [3.8, 4) is 11.1 Å². The van der Waals surface area contributed by atoms with Crippen molar-refractivity contribution < 1.29 is 10.0 Å². The Hall–Kier alpha value is -3.13. The summed E-state index contributed by atoms with van der Waals surface area (Å²) < 4.78 is 0. The predicted octanol–water partition coefficient (Wildman–Crippen LogP) is 4.61. The van der Waals surface area contributed by atoms with Crippen LogP contribution in [0, 0.1) is 5.21 Å². The van der Waals surface area contributed by atoms with Crippen LogP contribution in [0.5, 0.6) is 0 Å². The van der Waals surface area contributed by atoms with Gasteiger partial charge in [0.1, 0.15) is 0 Å². The molecule has 0 spiro atoms. The molecule has 0 unspecified atom stereocenters. The molecule has 0 fully saturated rings. The van der Waals surface area contributed by atoms with Gasteiger partial charge in [-0.2, -0.15) is 0 Å². The fraction of sp³-hybridized carbons (Fsp3) is 0.0476. The summed E-state index contributed by atoms with van der Waals surface area (Å²) in [6, 6.07) is 23.4. The Morgan fingerprint density at radius 2 is 1.68 bits per heavy atom. The monoisotopic (exact) mass is 392 g/mol. The van der Waals surface area contributed by atoms with Crippen molar-refractivity contribution in [3.63, 3.8) is 0 Å². The third-order valence-corrected chi connectivity index (χ3v) is 4.75. The summed E-state index contributed by atoms with van der Waals surface area (Å²) in [5.74, 6) is 0.0884. The lowest BCUT2D eigenvalue weighted by Crippen LogP contribution is -2.11. The molecular weight excluding hydrogens is 374 g/mol. The number of ketones is 1. The predicted molar refractivity (Wildman–Crippen MR) is 114 cm³/mol. The second-order valence-corrected chi connectivity index (χ2v) is 6.89. The Morgan fingerprint density at radius 3 is 2.36 bits per heavy atom. The van der Waals surface area contributed by atoms with Crippen LogP contribution >= 0.6 is 11.8 Å². The Kier molecular flexibility index (Phi) is 6.44. The van der Waals surface area contributed by atoms with E-state index < -0.39 is 0 Å². The van der Waals surface area contributed by atoms with E-state index >= 15 is 0 Å². The van der Waals surface area contributed by atoms with Gasteiger partial charge in [-0.3, -0.25) is 10.0 Å². The lowest BCUT2D eigenvalue weighted by Gasteiger charge is -2.21. The molecule has 3 aromatic carbocycles. The molecule has 0 aromatic heterocycles. The van der Waals surface area contributed by atoms with Gasteiger partial charge in [-0.05, 0) is 29.3 Å². The number of nitrogens with two attached hydrogens (primary N) is 1. The molecule has 6 nitrogen and oxygen atoms in total. The highest BCUT2D eigenvalue weighted by Crippen LogP contribution is 2.22. The van der Waals surface area contributed by atoms with E-state index in [2.05, 4.69) is 4.99 Å². The van der Waals surface area contributed by atoms with Crippen LogP contribution in [-0.4, -0.2) is 21.9 Å². The maximum atomic E-state index is 12.4. The molecule has 0 saturated heterocycles. The van der Waals surface area contributed by atoms with Gasteiger partial charge >= 0.3 is 0 Å². The molecule has 142 valence electrons. The summed E-state index contributed by atoms with van der Waals surface area (Å²) in [7, 11) is 0. The fourth-order valence-corrected chi connectivity index (χ4v) is 3.16. The standard InChI is InChI=1S/C21H18N3O3S/c22-21(23-18-7-4-8-19(13-18)24(26)27)28-14-20(25)17-11-9-16(10-12-17)15-5-2-1-3-6-15/h1-13,26H,14H2,(H2,22,23)/q-1. The number of hydrogen-bond donors (Lipinski definition) is 2. The van der Waals surface area contributed by atoms with Crippen LogP contribution in [-0.2, 0) is 0 Å². The number of anilines is 1. The summed E-state index contributed by atoms with van der Waals surface area (Å²) in [5.41, 5.74) is 9.06. The number of amidine groups is 1. The molecule has 0 aliphatic rings. The maximum Gasteiger partial charge on any atom is 0.173 e. The number of nitrogens with zero attached hydrogens (tertiary/aromatic N) is 2. The number of carbonyl (C=O) groups is 1. The Labute approximate surface area is 166 Å². The van der Waals surface area contributed by atoms with E-state index in [1.54, 1.807) is 24.3 Å². The van der Waals surface area contributed by atoms with Crippen LogP contribution in [0.15, 0.2) is 83.9 Å². The highest BCUT2D eigenvalue weighted by molar-refractivity contribution is 8.14. The quantitative estimate of drug-likeness (QED) is 0.275. The average molecular weight is 392 g/mol. The van der Waals surface area contributed by atoms with Crippen molar-refractivity contribution in [2.75, 3.05) is 11.0 Å². The molecule has 28 heavy (non-hydrogen) atoms. The third kappa shape index (κ3) is 5.20. The zero-order chi connectivity index (χ0) is 19.9. The Morgan fingerprint density at radius 1 is 1.00 bits per heavy atom. The molecule has 0 amide bonds. The molecule has 0 bridgehead atoms. The van der Waals surface area contributed by atoms with E-state index in [1.165, 1.54) is 12.1 Å². The van der Waals surface area contributed by atoms with Gasteiger partial charge in [-0.25, -0.2) is 4.99 Å². The molecule has 0 radical (unpaired) electrons. The second-order valence-electron chi connectivity index (χ2n) is 5.90. The topological polar surface area (TPSA) is 102 Å². The van der Waals surface area contributed by atoms with E-state index in [9.17, 15) is 10.0 Å². The number of benzene rings is 3. The van der Waals surface area contributed by atoms with Gasteiger partial charge in [-0.15, -0.1) is 0 Å². The van der Waals surface area contributed by atoms with Gasteiger partial charge in [0.2, 0.25) is 0 Å². The molecular formula is C21H18N3O3S-. The van der Waals surface area contributed by atoms with Gasteiger partial charge < -0.3 is 16.2 Å². The van der Waals surface area contributed by atoms with Crippen molar-refractivity contribution in [1.29, 1.82) is 0 Å². The van der Waals surface area contributed by atoms with Crippen LogP contribution in [0.3, 0.4) is 0 Å². The fourth-order valence-electron chi connectivity index (χ4n) is 2.54. The molecule has 0 aliphatic heterocycles. The lowest BCUT2D eigenvalue weighted by molar-refractivity contribution is 0.102. The number of carbonyl (C=O) groups excluding carboxylic acids is 1. The molecule has 0 saturated carbocycles.